The topological polar surface area (TPSA) is 72.0 Å². The quantitative estimate of drug-likeness (QED) is 0.687. The molecule has 1 aromatic heterocycles. The van der Waals surface area contributed by atoms with Gasteiger partial charge in [-0.2, -0.15) is 10.1 Å². The van der Waals surface area contributed by atoms with E-state index in [1.165, 1.54) is 23.9 Å². The summed E-state index contributed by atoms with van der Waals surface area (Å²) in [5.41, 5.74) is 1.91. The summed E-state index contributed by atoms with van der Waals surface area (Å²) in [5, 5.41) is 14.1. The van der Waals surface area contributed by atoms with Crippen LogP contribution >= 0.6 is 0 Å². The minimum Gasteiger partial charge on any atom is -0.497 e. The van der Waals surface area contributed by atoms with Crippen LogP contribution in [0.25, 0.3) is 0 Å². The molecule has 6 nitrogen and oxygen atoms in total. The fourth-order valence-corrected chi connectivity index (χ4v) is 2.23. The molecule has 0 spiro atoms. The van der Waals surface area contributed by atoms with Crippen molar-refractivity contribution in [1.82, 2.24) is 15.2 Å². The Balaban J connectivity index is 1.55. The van der Waals surface area contributed by atoms with Crippen LogP contribution in [0.2, 0.25) is 0 Å². The third-order valence-electron chi connectivity index (χ3n) is 3.53. The number of aromatic nitrogens is 3. The van der Waals surface area contributed by atoms with Crippen LogP contribution < -0.4 is 15.4 Å². The molecule has 3 aromatic rings. The summed E-state index contributed by atoms with van der Waals surface area (Å²) in [4.78, 5) is 4.34. The summed E-state index contributed by atoms with van der Waals surface area (Å²) >= 11 is 0. The molecule has 0 unspecified atom stereocenters. The molecule has 0 aliphatic carbocycles. The van der Waals surface area contributed by atoms with Crippen molar-refractivity contribution in [3.05, 3.63) is 66.1 Å². The summed E-state index contributed by atoms with van der Waals surface area (Å²) in [6.45, 7) is 0.675. The van der Waals surface area contributed by atoms with Crippen LogP contribution in [0.3, 0.4) is 0 Å². The van der Waals surface area contributed by atoms with Gasteiger partial charge >= 0.3 is 0 Å². The monoisotopic (exact) mass is 339 g/mol. The normalized spacial score (nSPS) is 10.3. The number of methoxy groups -OCH3 is 1. The number of nitrogens with zero attached hydrogens (tertiary/aromatic N) is 3. The lowest BCUT2D eigenvalue weighted by molar-refractivity contribution is 0.414. The molecule has 128 valence electrons. The molecule has 2 aromatic carbocycles. The molecule has 0 fully saturated rings. The molecule has 7 heteroatoms. The van der Waals surface area contributed by atoms with Gasteiger partial charge in [0, 0.05) is 12.2 Å². The smallest absolute Gasteiger partial charge is 0.244 e. The third-order valence-corrected chi connectivity index (χ3v) is 3.53. The van der Waals surface area contributed by atoms with Crippen molar-refractivity contribution in [2.75, 3.05) is 24.3 Å². The van der Waals surface area contributed by atoms with E-state index in [4.69, 9.17) is 4.74 Å². The standard InChI is InChI=1S/C18H18FN5O/c1-25-16-8-2-13(3-9-16)10-11-20-18-23-17(12-21-24-18)22-15-6-4-14(19)5-7-15/h2-9,12H,10-11H2,1H3,(H2,20,22,23,24). The molecular formula is C18H18FN5O. The molecule has 2 N–H and O–H groups in total. The number of anilines is 3. The molecule has 0 saturated carbocycles. The fourth-order valence-electron chi connectivity index (χ4n) is 2.23. The zero-order valence-electron chi connectivity index (χ0n) is 13.7. The van der Waals surface area contributed by atoms with Gasteiger partial charge in [-0.15, -0.1) is 5.10 Å². The lowest BCUT2D eigenvalue weighted by Gasteiger charge is -2.08. The fraction of sp³-hybridized carbons (Fsp3) is 0.167. The highest BCUT2D eigenvalue weighted by Gasteiger charge is 2.02. The molecule has 0 saturated heterocycles. The van der Waals surface area contributed by atoms with E-state index in [0.717, 1.165) is 17.9 Å². The Labute approximate surface area is 145 Å². The Morgan fingerprint density at radius 3 is 2.52 bits per heavy atom. The summed E-state index contributed by atoms with van der Waals surface area (Å²) in [6.07, 6.45) is 2.33. The number of hydrogen-bond acceptors (Lipinski definition) is 6. The average Bonchev–Trinajstić information content (AvgIpc) is 2.65. The van der Waals surface area contributed by atoms with E-state index in [1.807, 2.05) is 24.3 Å². The van der Waals surface area contributed by atoms with Crippen LogP contribution in [-0.2, 0) is 6.42 Å². The summed E-state index contributed by atoms with van der Waals surface area (Å²) in [7, 11) is 1.65. The van der Waals surface area contributed by atoms with Crippen LogP contribution in [0.5, 0.6) is 5.75 Å². The zero-order chi connectivity index (χ0) is 17.5. The highest BCUT2D eigenvalue weighted by molar-refractivity contribution is 5.55. The van der Waals surface area contributed by atoms with Gasteiger partial charge in [0.2, 0.25) is 5.95 Å². The number of halogens is 1. The van der Waals surface area contributed by atoms with E-state index in [-0.39, 0.29) is 5.82 Å². The van der Waals surface area contributed by atoms with Gasteiger partial charge in [0.05, 0.1) is 13.3 Å². The van der Waals surface area contributed by atoms with Crippen molar-refractivity contribution in [2.45, 2.75) is 6.42 Å². The van der Waals surface area contributed by atoms with Gasteiger partial charge in [0.1, 0.15) is 11.6 Å². The molecule has 0 atom stereocenters. The lowest BCUT2D eigenvalue weighted by atomic mass is 10.1. The number of benzene rings is 2. The first-order chi connectivity index (χ1) is 12.2. The minimum absolute atomic E-state index is 0.285. The molecule has 0 aliphatic heterocycles. The summed E-state index contributed by atoms with van der Waals surface area (Å²) < 4.78 is 18.1. The minimum atomic E-state index is -0.285. The largest absolute Gasteiger partial charge is 0.497 e. The highest BCUT2D eigenvalue weighted by Crippen LogP contribution is 2.15. The molecule has 3 rings (SSSR count). The lowest BCUT2D eigenvalue weighted by Crippen LogP contribution is -2.09. The van der Waals surface area contributed by atoms with Gasteiger partial charge in [-0.1, -0.05) is 12.1 Å². The molecule has 0 bridgehead atoms. The number of hydrogen-bond donors (Lipinski definition) is 2. The van der Waals surface area contributed by atoms with E-state index in [9.17, 15) is 4.39 Å². The number of ether oxygens (including phenoxy) is 1. The van der Waals surface area contributed by atoms with E-state index in [0.29, 0.717) is 18.3 Å². The van der Waals surface area contributed by atoms with Crippen LogP contribution in [0.15, 0.2) is 54.7 Å². The van der Waals surface area contributed by atoms with E-state index >= 15 is 0 Å². The van der Waals surface area contributed by atoms with Crippen molar-refractivity contribution in [2.24, 2.45) is 0 Å². The van der Waals surface area contributed by atoms with E-state index in [1.54, 1.807) is 19.2 Å². The van der Waals surface area contributed by atoms with Crippen LogP contribution in [-0.4, -0.2) is 28.8 Å². The van der Waals surface area contributed by atoms with Gasteiger partial charge in [-0.25, -0.2) is 4.39 Å². The van der Waals surface area contributed by atoms with Crippen molar-refractivity contribution >= 4 is 17.5 Å². The zero-order valence-corrected chi connectivity index (χ0v) is 13.7. The maximum atomic E-state index is 12.9. The van der Waals surface area contributed by atoms with E-state index < -0.39 is 0 Å². The molecule has 0 amide bonds. The predicted molar refractivity (Wildman–Crippen MR) is 94.7 cm³/mol. The van der Waals surface area contributed by atoms with Crippen LogP contribution in [0, 0.1) is 5.82 Å². The first kappa shape index (κ1) is 16.6. The van der Waals surface area contributed by atoms with Gasteiger partial charge in [0.15, 0.2) is 5.82 Å². The highest BCUT2D eigenvalue weighted by atomic mass is 19.1. The average molecular weight is 339 g/mol. The SMILES string of the molecule is COc1ccc(CCNc2nncc(Nc3ccc(F)cc3)n2)cc1. The van der Waals surface area contributed by atoms with Gasteiger partial charge in [0.25, 0.3) is 0 Å². The van der Waals surface area contributed by atoms with Crippen molar-refractivity contribution in [3.63, 3.8) is 0 Å². The van der Waals surface area contributed by atoms with Crippen molar-refractivity contribution in [1.29, 1.82) is 0 Å². The first-order valence-corrected chi connectivity index (χ1v) is 7.82. The second-order valence-corrected chi connectivity index (χ2v) is 5.32. The van der Waals surface area contributed by atoms with Crippen LogP contribution in [0.1, 0.15) is 5.56 Å². The molecule has 25 heavy (non-hydrogen) atoms. The maximum Gasteiger partial charge on any atom is 0.244 e. The Hall–Kier alpha value is -3.22. The summed E-state index contributed by atoms with van der Waals surface area (Å²) in [6, 6.07) is 13.9. The number of nitrogens with one attached hydrogen (secondary N) is 2. The molecule has 0 radical (unpaired) electrons. The first-order valence-electron chi connectivity index (χ1n) is 7.82. The number of rotatable bonds is 7. The van der Waals surface area contributed by atoms with E-state index in [2.05, 4.69) is 25.8 Å². The predicted octanol–water partition coefficient (Wildman–Crippen LogP) is 3.42. The van der Waals surface area contributed by atoms with Crippen molar-refractivity contribution < 1.29 is 9.13 Å². The Morgan fingerprint density at radius 2 is 1.80 bits per heavy atom. The third kappa shape index (κ3) is 4.87. The van der Waals surface area contributed by atoms with Gasteiger partial charge in [-0.05, 0) is 48.4 Å². The van der Waals surface area contributed by atoms with Gasteiger partial charge in [-0.3, -0.25) is 0 Å². The maximum absolute atomic E-state index is 12.9. The van der Waals surface area contributed by atoms with Gasteiger partial charge < -0.3 is 15.4 Å². The Bertz CT molecular complexity index is 808. The molecule has 1 heterocycles. The molecule has 0 aliphatic rings. The molecular weight excluding hydrogens is 321 g/mol. The second-order valence-electron chi connectivity index (χ2n) is 5.32. The van der Waals surface area contributed by atoms with Crippen molar-refractivity contribution in [3.8, 4) is 5.75 Å². The second kappa shape index (κ2) is 8.05. The Morgan fingerprint density at radius 1 is 1.04 bits per heavy atom. The Kier molecular flexibility index (Phi) is 5.36. The summed E-state index contributed by atoms with van der Waals surface area (Å²) in [5.74, 6) is 1.52. The van der Waals surface area contributed by atoms with Crippen LogP contribution in [0.4, 0.5) is 21.8 Å².